The van der Waals surface area contributed by atoms with Crippen LogP contribution in [0.15, 0.2) is 67.7 Å². The summed E-state index contributed by atoms with van der Waals surface area (Å²) in [4.78, 5) is 27.8. The number of fused-ring (bicyclic) bond motifs is 2. The zero-order chi connectivity index (χ0) is 25.2. The number of nitrogens with zero attached hydrogens (tertiary/aromatic N) is 2. The molecule has 184 valence electrons. The largest absolute Gasteiger partial charge is 0.490 e. The van der Waals surface area contributed by atoms with Crippen molar-refractivity contribution >= 4 is 44.6 Å². The van der Waals surface area contributed by atoms with Crippen molar-refractivity contribution in [2.75, 3.05) is 13.4 Å². The van der Waals surface area contributed by atoms with Crippen LogP contribution in [0.1, 0.15) is 18.1 Å². The van der Waals surface area contributed by atoms with E-state index >= 15 is 0 Å². The van der Waals surface area contributed by atoms with Gasteiger partial charge in [-0.25, -0.2) is 4.79 Å². The lowest BCUT2D eigenvalue weighted by molar-refractivity contribution is 0.174. The van der Waals surface area contributed by atoms with Crippen molar-refractivity contribution in [1.29, 1.82) is 0 Å². The molecule has 4 aromatic rings. The van der Waals surface area contributed by atoms with Crippen LogP contribution in [-0.4, -0.2) is 29.3 Å². The topological polar surface area (TPSA) is 104 Å². The number of H-pyrrole nitrogens is 1. The van der Waals surface area contributed by atoms with Crippen molar-refractivity contribution in [3.05, 3.63) is 90.0 Å². The van der Waals surface area contributed by atoms with Crippen LogP contribution in [0.3, 0.4) is 0 Å². The molecule has 0 aliphatic carbocycles. The van der Waals surface area contributed by atoms with Crippen molar-refractivity contribution in [1.82, 2.24) is 9.66 Å². The van der Waals surface area contributed by atoms with Crippen LogP contribution in [0.5, 0.6) is 23.0 Å². The van der Waals surface area contributed by atoms with E-state index in [1.54, 1.807) is 30.3 Å². The second kappa shape index (κ2) is 10.1. The minimum Gasteiger partial charge on any atom is -0.490 e. The van der Waals surface area contributed by atoms with E-state index in [4.69, 9.17) is 30.5 Å². The van der Waals surface area contributed by atoms with Crippen LogP contribution in [0.25, 0.3) is 10.9 Å². The Balaban J connectivity index is 1.47. The van der Waals surface area contributed by atoms with E-state index in [0.717, 1.165) is 10.2 Å². The number of aromatic nitrogens is 2. The van der Waals surface area contributed by atoms with Crippen LogP contribution in [0.4, 0.5) is 0 Å². The molecule has 0 fully saturated rings. The summed E-state index contributed by atoms with van der Waals surface area (Å²) in [6, 6.07) is 13.9. The number of hydrogen-bond donors (Lipinski definition) is 1. The van der Waals surface area contributed by atoms with Crippen molar-refractivity contribution in [2.45, 2.75) is 13.5 Å². The monoisotopic (exact) mass is 571 g/mol. The third-order valence-electron chi connectivity index (χ3n) is 5.37. The molecule has 0 saturated carbocycles. The lowest BCUT2D eigenvalue weighted by Crippen LogP contribution is -2.32. The highest BCUT2D eigenvalue weighted by atomic mass is 79.9. The molecule has 5 rings (SSSR count). The van der Waals surface area contributed by atoms with Crippen LogP contribution in [0, 0.1) is 0 Å². The average Bonchev–Trinajstić information content (AvgIpc) is 3.34. The third-order valence-corrected chi connectivity index (χ3v) is 6.82. The van der Waals surface area contributed by atoms with Gasteiger partial charge in [-0.3, -0.25) is 4.79 Å². The first-order valence-electron chi connectivity index (χ1n) is 10.9. The molecule has 11 heteroatoms. The molecule has 0 radical (unpaired) electrons. The van der Waals surface area contributed by atoms with Gasteiger partial charge in [0.05, 0.1) is 23.7 Å². The first kappa shape index (κ1) is 24.0. The van der Waals surface area contributed by atoms with Gasteiger partial charge in [-0.05, 0) is 58.7 Å². The van der Waals surface area contributed by atoms with E-state index in [1.807, 2.05) is 25.1 Å². The van der Waals surface area contributed by atoms with Gasteiger partial charge in [-0.2, -0.15) is 5.10 Å². The van der Waals surface area contributed by atoms with Gasteiger partial charge in [0.1, 0.15) is 11.6 Å². The summed E-state index contributed by atoms with van der Waals surface area (Å²) in [5, 5.41) is 4.70. The summed E-state index contributed by atoms with van der Waals surface area (Å²) in [6.07, 6.45) is 1.35. The molecular weight excluding hydrogens is 554 g/mol. The number of halogens is 2. The van der Waals surface area contributed by atoms with Gasteiger partial charge in [-0.1, -0.05) is 29.8 Å². The average molecular weight is 573 g/mol. The standard InChI is InChI=1S/C25H19BrClN3O6/c1-2-33-20-10-15(11-28-30-24(31)16-5-3-4-6-17(16)29-25(30)32)21(26)22(27)23(20)34-12-14-7-8-18-19(9-14)36-13-35-18/h3-11H,2,12-13H2,1H3,(H,29,32). The fourth-order valence-corrected chi connectivity index (χ4v) is 4.31. The highest BCUT2D eigenvalue weighted by molar-refractivity contribution is 9.10. The minimum atomic E-state index is -0.661. The summed E-state index contributed by atoms with van der Waals surface area (Å²) >= 11 is 10.1. The molecule has 0 unspecified atom stereocenters. The zero-order valence-corrected chi connectivity index (χ0v) is 21.3. The second-order valence-corrected chi connectivity index (χ2v) is 8.84. The minimum absolute atomic E-state index is 0.188. The molecule has 0 spiro atoms. The number of para-hydroxylation sites is 1. The number of nitrogens with one attached hydrogen (secondary N) is 1. The van der Waals surface area contributed by atoms with E-state index in [1.165, 1.54) is 6.21 Å². The highest BCUT2D eigenvalue weighted by Gasteiger charge is 2.19. The molecule has 1 N–H and O–H groups in total. The number of ether oxygens (including phenoxy) is 4. The fourth-order valence-electron chi connectivity index (χ4n) is 3.66. The normalized spacial score (nSPS) is 12.4. The molecular formula is C25H19BrClN3O6. The van der Waals surface area contributed by atoms with E-state index in [2.05, 4.69) is 26.0 Å². The van der Waals surface area contributed by atoms with Gasteiger partial charge in [-0.15, -0.1) is 4.68 Å². The molecule has 0 saturated heterocycles. The first-order chi connectivity index (χ1) is 17.5. The van der Waals surface area contributed by atoms with Gasteiger partial charge in [0.25, 0.3) is 5.56 Å². The predicted molar refractivity (Wildman–Crippen MR) is 139 cm³/mol. The van der Waals surface area contributed by atoms with Crippen LogP contribution >= 0.6 is 27.5 Å². The Morgan fingerprint density at radius 2 is 1.94 bits per heavy atom. The summed E-state index contributed by atoms with van der Waals surface area (Å²) in [5.41, 5.74) is 0.575. The van der Waals surface area contributed by atoms with E-state index < -0.39 is 11.2 Å². The first-order valence-corrected chi connectivity index (χ1v) is 12.1. The molecule has 1 aliphatic rings. The quantitative estimate of drug-likeness (QED) is 0.322. The third kappa shape index (κ3) is 4.57. The SMILES string of the molecule is CCOc1cc(C=Nn2c(=O)[nH]c3ccccc3c2=O)c(Br)c(Cl)c1OCc1ccc2c(c1)OCO2. The van der Waals surface area contributed by atoms with Gasteiger partial charge < -0.3 is 23.9 Å². The molecule has 9 nitrogen and oxygen atoms in total. The van der Waals surface area contributed by atoms with Gasteiger partial charge >= 0.3 is 5.69 Å². The van der Waals surface area contributed by atoms with Gasteiger partial charge in [0.15, 0.2) is 23.0 Å². The summed E-state index contributed by atoms with van der Waals surface area (Å²) in [6.45, 7) is 2.59. The van der Waals surface area contributed by atoms with Crippen LogP contribution in [-0.2, 0) is 6.61 Å². The highest BCUT2D eigenvalue weighted by Crippen LogP contribution is 2.43. The number of aromatic amines is 1. The van der Waals surface area contributed by atoms with E-state index in [-0.39, 0.29) is 18.4 Å². The lowest BCUT2D eigenvalue weighted by Gasteiger charge is -2.16. The Hall–Kier alpha value is -3.76. The molecule has 1 aromatic heterocycles. The smallest absolute Gasteiger partial charge is 0.349 e. The Morgan fingerprint density at radius 3 is 2.78 bits per heavy atom. The Kier molecular flexibility index (Phi) is 6.71. The van der Waals surface area contributed by atoms with E-state index in [9.17, 15) is 9.59 Å². The summed E-state index contributed by atoms with van der Waals surface area (Å²) in [5.74, 6) is 2.05. The summed E-state index contributed by atoms with van der Waals surface area (Å²) in [7, 11) is 0. The maximum atomic E-state index is 12.8. The maximum Gasteiger partial charge on any atom is 0.349 e. The summed E-state index contributed by atoms with van der Waals surface area (Å²) < 4.78 is 23.7. The van der Waals surface area contributed by atoms with Crippen molar-refractivity contribution in [2.24, 2.45) is 5.10 Å². The Bertz CT molecular complexity index is 1610. The van der Waals surface area contributed by atoms with Crippen LogP contribution < -0.4 is 30.2 Å². The lowest BCUT2D eigenvalue weighted by atomic mass is 10.2. The molecule has 0 bridgehead atoms. The van der Waals surface area contributed by atoms with Gasteiger partial charge in [0, 0.05) is 10.0 Å². The Labute approximate surface area is 218 Å². The van der Waals surface area contributed by atoms with Crippen LogP contribution in [0.2, 0.25) is 5.02 Å². The van der Waals surface area contributed by atoms with E-state index in [0.29, 0.717) is 50.5 Å². The molecule has 36 heavy (non-hydrogen) atoms. The predicted octanol–water partition coefficient (Wildman–Crippen LogP) is 4.69. The van der Waals surface area contributed by atoms with Crippen molar-refractivity contribution in [3.8, 4) is 23.0 Å². The second-order valence-electron chi connectivity index (χ2n) is 7.67. The molecule has 3 aromatic carbocycles. The van der Waals surface area contributed by atoms with Gasteiger partial charge in [0.2, 0.25) is 6.79 Å². The number of benzene rings is 3. The number of hydrogen-bond acceptors (Lipinski definition) is 7. The van der Waals surface area contributed by atoms with Crippen molar-refractivity contribution in [3.63, 3.8) is 0 Å². The maximum absolute atomic E-state index is 12.8. The number of rotatable bonds is 7. The zero-order valence-electron chi connectivity index (χ0n) is 18.9. The molecule has 0 atom stereocenters. The van der Waals surface area contributed by atoms with Crippen molar-refractivity contribution < 1.29 is 18.9 Å². The molecule has 1 aliphatic heterocycles. The molecule has 0 amide bonds. The fraction of sp³-hybridized carbons (Fsp3) is 0.160. The molecule has 2 heterocycles. The Morgan fingerprint density at radius 1 is 1.14 bits per heavy atom.